The van der Waals surface area contributed by atoms with Gasteiger partial charge in [0.15, 0.2) is 20.4 Å². The average molecular weight is 598 g/mol. The van der Waals surface area contributed by atoms with Crippen molar-refractivity contribution in [2.75, 3.05) is 25.1 Å². The molecule has 1 fully saturated rings. The van der Waals surface area contributed by atoms with Crippen molar-refractivity contribution in [2.45, 2.75) is 29.6 Å². The van der Waals surface area contributed by atoms with Crippen LogP contribution in [-0.4, -0.2) is 61.2 Å². The van der Waals surface area contributed by atoms with Gasteiger partial charge in [-0.15, -0.1) is 0 Å². The largest absolute Gasteiger partial charge is 0.409 e. The lowest BCUT2D eigenvalue weighted by Crippen LogP contribution is -2.62. The van der Waals surface area contributed by atoms with Gasteiger partial charge in [0.05, 0.1) is 41.1 Å². The number of amides is 1. The smallest absolute Gasteiger partial charge is 0.362 e. The number of likely N-dealkylation sites (tertiary alicyclic amines) is 1. The van der Waals surface area contributed by atoms with Crippen LogP contribution in [0.15, 0.2) is 28.8 Å². The van der Waals surface area contributed by atoms with Gasteiger partial charge in [-0.1, -0.05) is 23.2 Å². The number of pyridine rings is 1. The van der Waals surface area contributed by atoms with E-state index >= 15 is 0 Å². The zero-order valence-corrected chi connectivity index (χ0v) is 22.0. The minimum absolute atomic E-state index is 0.0845. The Morgan fingerprint density at radius 2 is 1.86 bits per heavy atom. The average Bonchev–Trinajstić information content (AvgIpc) is 3.37. The van der Waals surface area contributed by atoms with Crippen molar-refractivity contribution in [3.63, 3.8) is 0 Å². The molecule has 4 heterocycles. The highest BCUT2D eigenvalue weighted by Gasteiger charge is 2.60. The third kappa shape index (κ3) is 4.52. The standard InChI is InChI=1S/C22H17Cl2F4N3O4S2/c1-37(33,34)8-18(32)31-9-20(10-31)13-6-29-16(2-11(13)7-35-20)17-5-21(36-30-17,22(26,27)28)12-3-14(23)19(25)15(24)4-12/h2-4,6H,5,7-10H2,1H3. The number of fused-ring (bicyclic) bond motifs is 2. The molecule has 0 N–H and O–H groups in total. The molecule has 15 heteroatoms. The van der Waals surface area contributed by atoms with Crippen LogP contribution in [0.2, 0.25) is 10.0 Å². The van der Waals surface area contributed by atoms with E-state index in [-0.39, 0.29) is 36.7 Å². The van der Waals surface area contributed by atoms with Gasteiger partial charge in [-0.05, 0) is 41.3 Å². The van der Waals surface area contributed by atoms with Crippen molar-refractivity contribution in [3.8, 4) is 0 Å². The predicted molar refractivity (Wildman–Crippen MR) is 130 cm³/mol. The second kappa shape index (κ2) is 8.80. The van der Waals surface area contributed by atoms with Gasteiger partial charge in [0.2, 0.25) is 5.91 Å². The molecule has 0 saturated carbocycles. The lowest BCUT2D eigenvalue weighted by molar-refractivity contribution is -0.166. The second-order valence-corrected chi connectivity index (χ2v) is 13.2. The summed E-state index contributed by atoms with van der Waals surface area (Å²) in [7, 11) is -3.48. The highest BCUT2D eigenvalue weighted by Crippen LogP contribution is 2.57. The van der Waals surface area contributed by atoms with Crippen LogP contribution in [-0.2, 0) is 36.3 Å². The predicted octanol–water partition coefficient (Wildman–Crippen LogP) is 4.44. The third-order valence-electron chi connectivity index (χ3n) is 6.55. The van der Waals surface area contributed by atoms with Crippen molar-refractivity contribution in [3.05, 3.63) is 62.6 Å². The molecule has 2 aromatic rings. The Bertz CT molecular complexity index is 1440. The van der Waals surface area contributed by atoms with Crippen LogP contribution in [0.5, 0.6) is 0 Å². The Hall–Kier alpha value is -1.93. The van der Waals surface area contributed by atoms with E-state index in [1.54, 1.807) is 6.07 Å². The Morgan fingerprint density at radius 1 is 1.22 bits per heavy atom. The highest BCUT2D eigenvalue weighted by molar-refractivity contribution is 7.99. The normalized spacial score (nSPS) is 22.7. The summed E-state index contributed by atoms with van der Waals surface area (Å²) in [6.07, 6.45) is -2.89. The van der Waals surface area contributed by atoms with Crippen LogP contribution in [0, 0.1) is 5.82 Å². The van der Waals surface area contributed by atoms with Crippen molar-refractivity contribution in [2.24, 2.45) is 4.40 Å². The first kappa shape index (κ1) is 26.7. The minimum atomic E-state index is -4.77. The number of nitrogens with zero attached hydrogens (tertiary/aromatic N) is 3. The molecule has 1 saturated heterocycles. The lowest BCUT2D eigenvalue weighted by atomic mass is 9.85. The summed E-state index contributed by atoms with van der Waals surface area (Å²) in [5, 5.41) is -1.05. The van der Waals surface area contributed by atoms with Crippen LogP contribution in [0.3, 0.4) is 0 Å². The number of carbonyl (C=O) groups excluding carboxylic acids is 1. The van der Waals surface area contributed by atoms with Gasteiger partial charge in [0, 0.05) is 24.4 Å². The first-order chi connectivity index (χ1) is 17.1. The Kier molecular flexibility index (Phi) is 6.34. The number of benzene rings is 1. The molecular weight excluding hydrogens is 581 g/mol. The molecule has 198 valence electrons. The summed E-state index contributed by atoms with van der Waals surface area (Å²) in [5.41, 5.74) is 0.521. The Morgan fingerprint density at radius 3 is 2.46 bits per heavy atom. The van der Waals surface area contributed by atoms with E-state index in [1.807, 2.05) is 0 Å². The molecule has 0 radical (unpaired) electrons. The van der Waals surface area contributed by atoms with Crippen LogP contribution in [0.25, 0.3) is 0 Å². The number of hydrogen-bond donors (Lipinski definition) is 0. The molecule has 1 amide bonds. The van der Waals surface area contributed by atoms with E-state index in [0.717, 1.165) is 18.4 Å². The SMILES string of the molecule is CS(=O)(=O)CC(=O)N1CC2(C1)OCc1cc(C3=NSC(c4cc(Cl)c(F)c(Cl)c4)(C(F)(F)F)C3)ncc12. The van der Waals surface area contributed by atoms with Crippen LogP contribution in [0.4, 0.5) is 17.6 Å². The molecule has 37 heavy (non-hydrogen) atoms. The van der Waals surface area contributed by atoms with Crippen LogP contribution in [0.1, 0.15) is 28.8 Å². The zero-order valence-electron chi connectivity index (χ0n) is 18.9. The first-order valence-electron chi connectivity index (χ1n) is 10.7. The Balaban J connectivity index is 1.38. The Labute approximate surface area is 223 Å². The van der Waals surface area contributed by atoms with Crippen molar-refractivity contribution in [1.29, 1.82) is 0 Å². The molecule has 0 aliphatic carbocycles. The summed E-state index contributed by atoms with van der Waals surface area (Å²) in [6.45, 7) is 0.442. The molecule has 1 aromatic carbocycles. The number of alkyl halides is 3. The monoisotopic (exact) mass is 597 g/mol. The number of aromatic nitrogens is 1. The molecule has 1 unspecified atom stereocenters. The van der Waals surface area contributed by atoms with E-state index in [1.165, 1.54) is 11.1 Å². The molecular formula is C22H17Cl2F4N3O4S2. The van der Waals surface area contributed by atoms with E-state index in [0.29, 0.717) is 23.1 Å². The molecule has 7 nitrogen and oxygen atoms in total. The maximum absolute atomic E-state index is 14.3. The fourth-order valence-electron chi connectivity index (χ4n) is 4.63. The molecule has 0 bridgehead atoms. The van der Waals surface area contributed by atoms with E-state index < -0.39 is 60.3 Å². The van der Waals surface area contributed by atoms with Gasteiger partial charge in [-0.2, -0.15) is 13.2 Å². The fourth-order valence-corrected chi connectivity index (χ4v) is 6.70. The summed E-state index contributed by atoms with van der Waals surface area (Å²) < 4.78 is 87.2. The molecule has 5 rings (SSSR count). The molecule has 3 aliphatic rings. The molecule has 1 spiro atoms. The number of sulfone groups is 1. The number of ether oxygens (including phenoxy) is 1. The van der Waals surface area contributed by atoms with Gasteiger partial charge in [0.25, 0.3) is 0 Å². The summed E-state index contributed by atoms with van der Waals surface area (Å²) in [5.74, 6) is -2.14. The number of rotatable bonds is 4. The maximum atomic E-state index is 14.3. The highest BCUT2D eigenvalue weighted by atomic mass is 35.5. The zero-order chi connectivity index (χ0) is 27.0. The topological polar surface area (TPSA) is 88.9 Å². The van der Waals surface area contributed by atoms with Crippen LogP contribution < -0.4 is 0 Å². The molecule has 3 aliphatic heterocycles. The van der Waals surface area contributed by atoms with Gasteiger partial charge >= 0.3 is 6.18 Å². The summed E-state index contributed by atoms with van der Waals surface area (Å²) in [4.78, 5) is 17.9. The number of carbonyl (C=O) groups is 1. The van der Waals surface area contributed by atoms with Crippen molar-refractivity contribution >= 4 is 56.6 Å². The van der Waals surface area contributed by atoms with Crippen molar-refractivity contribution < 1.29 is 35.5 Å². The van der Waals surface area contributed by atoms with Crippen molar-refractivity contribution in [1.82, 2.24) is 9.88 Å². The van der Waals surface area contributed by atoms with E-state index in [4.69, 9.17) is 27.9 Å². The summed E-state index contributed by atoms with van der Waals surface area (Å²) in [6, 6.07) is 3.41. The number of hydrogen-bond acceptors (Lipinski definition) is 7. The fraction of sp³-hybridized carbons (Fsp3) is 0.409. The molecule has 1 aromatic heterocycles. The second-order valence-electron chi connectivity index (χ2n) is 9.21. The van der Waals surface area contributed by atoms with E-state index in [9.17, 15) is 30.8 Å². The third-order valence-corrected chi connectivity index (χ3v) is 9.10. The lowest BCUT2D eigenvalue weighted by Gasteiger charge is -2.47. The minimum Gasteiger partial charge on any atom is -0.362 e. The van der Waals surface area contributed by atoms with Gasteiger partial charge in [0.1, 0.15) is 11.4 Å². The maximum Gasteiger partial charge on any atom is 0.409 e. The number of halogens is 6. The molecule has 1 atom stereocenters. The van der Waals surface area contributed by atoms with Gasteiger partial charge in [-0.25, -0.2) is 17.2 Å². The van der Waals surface area contributed by atoms with Gasteiger partial charge < -0.3 is 9.64 Å². The van der Waals surface area contributed by atoms with E-state index in [2.05, 4.69) is 9.38 Å². The first-order valence-corrected chi connectivity index (χ1v) is 14.3. The van der Waals surface area contributed by atoms with Crippen LogP contribution >= 0.6 is 35.1 Å². The quantitative estimate of drug-likeness (QED) is 0.294. The summed E-state index contributed by atoms with van der Waals surface area (Å²) >= 11 is 11.9. The van der Waals surface area contributed by atoms with Gasteiger partial charge in [-0.3, -0.25) is 9.78 Å².